The Labute approximate surface area is 168 Å². The molecule has 0 radical (unpaired) electrons. The van der Waals surface area contributed by atoms with Gasteiger partial charge in [-0.1, -0.05) is 35.9 Å². The lowest BCUT2D eigenvalue weighted by atomic mass is 10.2. The molecule has 152 valence electrons. The summed E-state index contributed by atoms with van der Waals surface area (Å²) >= 11 is 0. The van der Waals surface area contributed by atoms with Crippen LogP contribution in [0.4, 0.5) is 10.2 Å². The van der Waals surface area contributed by atoms with Gasteiger partial charge in [0.25, 0.3) is 15.9 Å². The highest BCUT2D eigenvalue weighted by atomic mass is 32.2. The number of aromatic nitrogens is 2. The van der Waals surface area contributed by atoms with Gasteiger partial charge in [0.05, 0.1) is 11.1 Å². The van der Waals surface area contributed by atoms with Crippen molar-refractivity contribution in [1.29, 1.82) is 0 Å². The van der Waals surface area contributed by atoms with Gasteiger partial charge in [0.1, 0.15) is 11.4 Å². The maximum absolute atomic E-state index is 13.8. The smallest absolute Gasteiger partial charge is 0.265 e. The maximum atomic E-state index is 13.8. The molecule has 0 saturated heterocycles. The van der Waals surface area contributed by atoms with Crippen LogP contribution in [-0.4, -0.2) is 31.2 Å². The second kappa shape index (κ2) is 8.04. The first-order valence-electron chi connectivity index (χ1n) is 8.81. The van der Waals surface area contributed by atoms with E-state index in [0.717, 1.165) is 9.87 Å². The third-order valence-electron chi connectivity index (χ3n) is 4.53. The van der Waals surface area contributed by atoms with Crippen LogP contribution in [0.15, 0.2) is 59.6 Å². The Hall–Kier alpha value is -3.20. The van der Waals surface area contributed by atoms with Crippen molar-refractivity contribution >= 4 is 21.7 Å². The Morgan fingerprint density at radius 1 is 1.17 bits per heavy atom. The zero-order chi connectivity index (χ0) is 21.2. The third-order valence-corrected chi connectivity index (χ3v) is 6.29. The monoisotopic (exact) mass is 416 g/mol. The van der Waals surface area contributed by atoms with Crippen molar-refractivity contribution in [3.63, 3.8) is 0 Å². The number of hydrogen-bond donors (Lipinski definition) is 1. The first-order chi connectivity index (χ1) is 13.7. The lowest BCUT2D eigenvalue weighted by Crippen LogP contribution is -2.31. The summed E-state index contributed by atoms with van der Waals surface area (Å²) in [7, 11) is -0.992. The van der Waals surface area contributed by atoms with Gasteiger partial charge in [-0.3, -0.25) is 13.8 Å². The van der Waals surface area contributed by atoms with E-state index in [1.165, 1.54) is 36.1 Å². The molecule has 2 aromatic carbocycles. The van der Waals surface area contributed by atoms with E-state index in [2.05, 4.69) is 10.4 Å². The summed E-state index contributed by atoms with van der Waals surface area (Å²) < 4.78 is 42.1. The fraction of sp³-hybridized carbons (Fsp3) is 0.200. The Kier molecular flexibility index (Phi) is 5.69. The molecule has 1 heterocycles. The SMILES string of the molecule is Cc1ccc(S(=O)(=O)N(C)c2c(C(=O)NCc3ccccc3F)cnn2C)cc1. The number of anilines is 1. The number of carbonyl (C=O) groups excluding carboxylic acids is 1. The number of rotatable bonds is 6. The summed E-state index contributed by atoms with van der Waals surface area (Å²) in [4.78, 5) is 12.8. The van der Waals surface area contributed by atoms with Gasteiger partial charge in [0.15, 0.2) is 5.82 Å². The van der Waals surface area contributed by atoms with Gasteiger partial charge in [-0.25, -0.2) is 12.8 Å². The second-order valence-electron chi connectivity index (χ2n) is 6.57. The molecule has 0 saturated carbocycles. The molecule has 1 aromatic heterocycles. The Bertz CT molecular complexity index is 1140. The topological polar surface area (TPSA) is 84.3 Å². The largest absolute Gasteiger partial charge is 0.348 e. The average Bonchev–Trinajstić information content (AvgIpc) is 3.08. The van der Waals surface area contributed by atoms with E-state index in [-0.39, 0.29) is 22.8 Å². The van der Waals surface area contributed by atoms with Crippen LogP contribution in [0, 0.1) is 12.7 Å². The summed E-state index contributed by atoms with van der Waals surface area (Å²) in [6, 6.07) is 12.5. The number of amides is 1. The number of aryl methyl sites for hydroxylation is 2. The highest BCUT2D eigenvalue weighted by Gasteiger charge is 2.28. The lowest BCUT2D eigenvalue weighted by molar-refractivity contribution is 0.0951. The minimum Gasteiger partial charge on any atom is -0.348 e. The van der Waals surface area contributed by atoms with E-state index in [9.17, 15) is 17.6 Å². The van der Waals surface area contributed by atoms with E-state index >= 15 is 0 Å². The summed E-state index contributed by atoms with van der Waals surface area (Å²) in [6.45, 7) is 1.83. The molecule has 0 aliphatic heterocycles. The van der Waals surface area contributed by atoms with Crippen molar-refractivity contribution in [3.8, 4) is 0 Å². The third kappa shape index (κ3) is 4.14. The molecule has 1 N–H and O–H groups in total. The minimum atomic E-state index is -3.90. The predicted octanol–water partition coefficient (Wildman–Crippen LogP) is 2.62. The van der Waals surface area contributed by atoms with E-state index in [4.69, 9.17) is 0 Å². The number of carbonyl (C=O) groups is 1. The van der Waals surface area contributed by atoms with E-state index in [1.54, 1.807) is 37.4 Å². The average molecular weight is 416 g/mol. The van der Waals surface area contributed by atoms with Crippen LogP contribution < -0.4 is 9.62 Å². The first-order valence-corrected chi connectivity index (χ1v) is 10.2. The maximum Gasteiger partial charge on any atom is 0.265 e. The Morgan fingerprint density at radius 3 is 2.48 bits per heavy atom. The fourth-order valence-corrected chi connectivity index (χ4v) is 4.10. The van der Waals surface area contributed by atoms with Crippen molar-refractivity contribution in [2.75, 3.05) is 11.4 Å². The highest BCUT2D eigenvalue weighted by Crippen LogP contribution is 2.25. The highest BCUT2D eigenvalue weighted by molar-refractivity contribution is 7.92. The van der Waals surface area contributed by atoms with Crippen LogP contribution in [0.1, 0.15) is 21.5 Å². The van der Waals surface area contributed by atoms with Crippen LogP contribution >= 0.6 is 0 Å². The van der Waals surface area contributed by atoms with E-state index < -0.39 is 21.7 Å². The molecule has 0 bridgehead atoms. The van der Waals surface area contributed by atoms with Crippen LogP contribution in [0.3, 0.4) is 0 Å². The standard InChI is InChI=1S/C20H21FN4O3S/c1-14-8-10-16(11-9-14)29(27,28)25(3)20-17(13-23-24(20)2)19(26)22-12-15-6-4-5-7-18(15)21/h4-11,13H,12H2,1-3H3,(H,22,26). The number of hydrogen-bond acceptors (Lipinski definition) is 4. The number of nitrogens with zero attached hydrogens (tertiary/aromatic N) is 3. The zero-order valence-corrected chi connectivity index (χ0v) is 17.1. The van der Waals surface area contributed by atoms with Gasteiger partial charge < -0.3 is 5.32 Å². The number of benzene rings is 2. The van der Waals surface area contributed by atoms with Gasteiger partial charge >= 0.3 is 0 Å². The predicted molar refractivity (Wildman–Crippen MR) is 108 cm³/mol. The molecule has 0 aliphatic carbocycles. The van der Waals surface area contributed by atoms with Gasteiger partial charge in [0.2, 0.25) is 0 Å². The second-order valence-corrected chi connectivity index (χ2v) is 8.53. The minimum absolute atomic E-state index is 0.0335. The summed E-state index contributed by atoms with van der Waals surface area (Å²) in [5.74, 6) is -0.878. The number of halogens is 1. The fourth-order valence-electron chi connectivity index (χ4n) is 2.86. The van der Waals surface area contributed by atoms with E-state index in [1.807, 2.05) is 6.92 Å². The van der Waals surface area contributed by atoms with Crippen LogP contribution in [0.5, 0.6) is 0 Å². The normalized spacial score (nSPS) is 11.3. The van der Waals surface area contributed by atoms with E-state index in [0.29, 0.717) is 5.56 Å². The molecular weight excluding hydrogens is 395 g/mol. The summed E-state index contributed by atoms with van der Waals surface area (Å²) in [6.07, 6.45) is 1.28. The van der Waals surface area contributed by atoms with Gasteiger partial charge in [-0.2, -0.15) is 5.10 Å². The molecule has 0 atom stereocenters. The first kappa shape index (κ1) is 20.5. The summed E-state index contributed by atoms with van der Waals surface area (Å²) in [5.41, 5.74) is 1.33. The molecule has 0 aliphatic rings. The van der Waals surface area contributed by atoms with Crippen LogP contribution in [0.25, 0.3) is 0 Å². The molecule has 3 aromatic rings. The molecule has 7 nitrogen and oxygen atoms in total. The van der Waals surface area contributed by atoms with Crippen molar-refractivity contribution in [1.82, 2.24) is 15.1 Å². The Balaban J connectivity index is 1.87. The molecular formula is C20H21FN4O3S. The van der Waals surface area contributed by atoms with Gasteiger partial charge in [-0.05, 0) is 25.1 Å². The number of sulfonamides is 1. The van der Waals surface area contributed by atoms with Crippen molar-refractivity contribution < 1.29 is 17.6 Å². The van der Waals surface area contributed by atoms with Crippen LogP contribution in [0.2, 0.25) is 0 Å². The molecule has 9 heteroatoms. The Morgan fingerprint density at radius 2 is 1.83 bits per heavy atom. The lowest BCUT2D eigenvalue weighted by Gasteiger charge is -2.21. The molecule has 1 amide bonds. The van der Waals surface area contributed by atoms with Crippen molar-refractivity contribution in [2.24, 2.45) is 7.05 Å². The van der Waals surface area contributed by atoms with Gasteiger partial charge in [0, 0.05) is 26.2 Å². The number of nitrogens with one attached hydrogen (secondary N) is 1. The summed E-state index contributed by atoms with van der Waals surface area (Å²) in [5, 5.41) is 6.64. The van der Waals surface area contributed by atoms with Gasteiger partial charge in [-0.15, -0.1) is 0 Å². The molecule has 29 heavy (non-hydrogen) atoms. The zero-order valence-electron chi connectivity index (χ0n) is 16.3. The molecule has 3 rings (SSSR count). The molecule has 0 spiro atoms. The molecule has 0 fully saturated rings. The van der Waals surface area contributed by atoms with Crippen LogP contribution in [-0.2, 0) is 23.6 Å². The van der Waals surface area contributed by atoms with Crippen molar-refractivity contribution in [3.05, 3.63) is 77.2 Å². The quantitative estimate of drug-likeness (QED) is 0.670. The molecule has 0 unspecified atom stereocenters. The van der Waals surface area contributed by atoms with Crippen molar-refractivity contribution in [2.45, 2.75) is 18.4 Å².